The molecule has 2 nitrogen and oxygen atoms in total. The Hall–Kier alpha value is -0.0800. The Morgan fingerprint density at radius 3 is 2.31 bits per heavy atom. The maximum absolute atomic E-state index is 10.1. The van der Waals surface area contributed by atoms with Gasteiger partial charge in [-0.1, -0.05) is 26.7 Å². The minimum absolute atomic E-state index is 0.518. The van der Waals surface area contributed by atoms with Gasteiger partial charge in [-0.05, 0) is 44.9 Å². The smallest absolute Gasteiger partial charge is 0.0743 e. The Morgan fingerprint density at radius 2 is 1.81 bits per heavy atom. The third-order valence-electron chi connectivity index (χ3n) is 3.98. The van der Waals surface area contributed by atoms with E-state index in [4.69, 9.17) is 0 Å². The van der Waals surface area contributed by atoms with Crippen molar-refractivity contribution >= 4 is 0 Å². The molecule has 2 N–H and O–H groups in total. The molecule has 1 aliphatic rings. The summed E-state index contributed by atoms with van der Waals surface area (Å²) < 4.78 is 0. The van der Waals surface area contributed by atoms with Gasteiger partial charge in [0, 0.05) is 12.6 Å². The predicted molar refractivity (Wildman–Crippen MR) is 69.6 cm³/mol. The van der Waals surface area contributed by atoms with Gasteiger partial charge >= 0.3 is 0 Å². The van der Waals surface area contributed by atoms with Gasteiger partial charge in [-0.3, -0.25) is 0 Å². The molecule has 0 aromatic carbocycles. The molecular weight excluding hydrogens is 198 g/mol. The van der Waals surface area contributed by atoms with Crippen molar-refractivity contribution in [3.8, 4) is 0 Å². The van der Waals surface area contributed by atoms with E-state index in [1.807, 2.05) is 6.92 Å². The van der Waals surface area contributed by atoms with Crippen molar-refractivity contribution < 1.29 is 5.11 Å². The standard InChI is InChI=1S/C14H29NO/c1-4-10-14(3,16)11-15-13-8-6-12(5-2)7-9-13/h12-13,15-16H,4-11H2,1-3H3. The fourth-order valence-electron chi connectivity index (χ4n) is 2.77. The zero-order chi connectivity index (χ0) is 12.0. The second kappa shape index (κ2) is 6.61. The predicted octanol–water partition coefficient (Wildman–Crippen LogP) is 3.10. The number of rotatable bonds is 6. The van der Waals surface area contributed by atoms with E-state index in [1.54, 1.807) is 0 Å². The molecule has 1 unspecified atom stereocenters. The van der Waals surface area contributed by atoms with Crippen molar-refractivity contribution in [1.29, 1.82) is 0 Å². The van der Waals surface area contributed by atoms with Gasteiger partial charge in [-0.2, -0.15) is 0 Å². The van der Waals surface area contributed by atoms with Crippen LogP contribution in [0.3, 0.4) is 0 Å². The molecular formula is C14H29NO. The number of hydrogen-bond acceptors (Lipinski definition) is 2. The normalized spacial score (nSPS) is 30.0. The fourth-order valence-corrected chi connectivity index (χ4v) is 2.77. The van der Waals surface area contributed by atoms with Gasteiger partial charge in [0.25, 0.3) is 0 Å². The van der Waals surface area contributed by atoms with Gasteiger partial charge in [0.05, 0.1) is 5.60 Å². The van der Waals surface area contributed by atoms with Crippen LogP contribution in [0.2, 0.25) is 0 Å². The van der Waals surface area contributed by atoms with Crippen LogP contribution in [0, 0.1) is 5.92 Å². The number of aliphatic hydroxyl groups is 1. The second-order valence-electron chi connectivity index (χ2n) is 5.75. The van der Waals surface area contributed by atoms with Crippen molar-refractivity contribution in [1.82, 2.24) is 5.32 Å². The molecule has 96 valence electrons. The molecule has 1 fully saturated rings. The van der Waals surface area contributed by atoms with Crippen LogP contribution in [-0.4, -0.2) is 23.3 Å². The Labute approximate surface area is 101 Å². The molecule has 0 spiro atoms. The summed E-state index contributed by atoms with van der Waals surface area (Å²) in [6.07, 6.45) is 8.59. The molecule has 0 aliphatic heterocycles. The Bertz CT molecular complexity index is 183. The molecule has 0 aromatic heterocycles. The summed E-state index contributed by atoms with van der Waals surface area (Å²) in [5, 5.41) is 13.6. The van der Waals surface area contributed by atoms with Crippen LogP contribution in [-0.2, 0) is 0 Å². The minimum atomic E-state index is -0.518. The first kappa shape index (κ1) is 14.0. The van der Waals surface area contributed by atoms with Crippen LogP contribution in [0.5, 0.6) is 0 Å². The van der Waals surface area contributed by atoms with Gasteiger partial charge in [-0.15, -0.1) is 0 Å². The third-order valence-corrected chi connectivity index (χ3v) is 3.98. The summed E-state index contributed by atoms with van der Waals surface area (Å²) in [7, 11) is 0. The van der Waals surface area contributed by atoms with E-state index in [-0.39, 0.29) is 0 Å². The summed E-state index contributed by atoms with van der Waals surface area (Å²) in [4.78, 5) is 0. The van der Waals surface area contributed by atoms with E-state index in [0.29, 0.717) is 6.04 Å². The van der Waals surface area contributed by atoms with Crippen molar-refractivity contribution in [2.45, 2.75) is 77.4 Å². The molecule has 0 heterocycles. The van der Waals surface area contributed by atoms with Crippen LogP contribution >= 0.6 is 0 Å². The fraction of sp³-hybridized carbons (Fsp3) is 1.00. The summed E-state index contributed by atoms with van der Waals surface area (Å²) in [5.41, 5.74) is -0.518. The average molecular weight is 227 g/mol. The molecule has 2 heteroatoms. The van der Waals surface area contributed by atoms with E-state index in [1.165, 1.54) is 32.1 Å². The summed E-state index contributed by atoms with van der Waals surface area (Å²) in [5.74, 6) is 0.953. The first-order valence-corrected chi connectivity index (χ1v) is 7.03. The van der Waals surface area contributed by atoms with Crippen LogP contribution in [0.4, 0.5) is 0 Å². The largest absolute Gasteiger partial charge is 0.389 e. The van der Waals surface area contributed by atoms with E-state index < -0.39 is 5.60 Å². The van der Waals surface area contributed by atoms with Crippen LogP contribution in [0.1, 0.15) is 65.7 Å². The Kier molecular flexibility index (Phi) is 5.77. The quantitative estimate of drug-likeness (QED) is 0.731. The molecule has 0 aromatic rings. The highest BCUT2D eigenvalue weighted by molar-refractivity contribution is 4.81. The highest BCUT2D eigenvalue weighted by Gasteiger charge is 2.23. The molecule has 1 saturated carbocycles. The van der Waals surface area contributed by atoms with Crippen LogP contribution in [0.25, 0.3) is 0 Å². The summed E-state index contributed by atoms with van der Waals surface area (Å²) >= 11 is 0. The van der Waals surface area contributed by atoms with Gasteiger partial charge in [-0.25, -0.2) is 0 Å². The topological polar surface area (TPSA) is 32.3 Å². The molecule has 1 rings (SSSR count). The zero-order valence-electron chi connectivity index (χ0n) is 11.3. The zero-order valence-corrected chi connectivity index (χ0v) is 11.3. The average Bonchev–Trinajstić information content (AvgIpc) is 2.27. The lowest BCUT2D eigenvalue weighted by atomic mass is 9.84. The first-order chi connectivity index (χ1) is 7.57. The van der Waals surface area contributed by atoms with Gasteiger partial charge in [0.2, 0.25) is 0 Å². The molecule has 16 heavy (non-hydrogen) atoms. The lowest BCUT2D eigenvalue weighted by Crippen LogP contribution is -2.43. The van der Waals surface area contributed by atoms with Crippen molar-refractivity contribution in [2.75, 3.05) is 6.54 Å². The summed E-state index contributed by atoms with van der Waals surface area (Å²) in [6, 6.07) is 0.645. The SMILES string of the molecule is CCCC(C)(O)CNC1CCC(CC)CC1. The van der Waals surface area contributed by atoms with Crippen LogP contribution < -0.4 is 5.32 Å². The van der Waals surface area contributed by atoms with E-state index >= 15 is 0 Å². The van der Waals surface area contributed by atoms with Gasteiger partial charge in [0.1, 0.15) is 0 Å². The van der Waals surface area contributed by atoms with E-state index in [0.717, 1.165) is 25.3 Å². The maximum Gasteiger partial charge on any atom is 0.0743 e. The highest BCUT2D eigenvalue weighted by atomic mass is 16.3. The van der Waals surface area contributed by atoms with E-state index in [2.05, 4.69) is 19.2 Å². The molecule has 0 bridgehead atoms. The highest BCUT2D eigenvalue weighted by Crippen LogP contribution is 2.26. The summed E-state index contributed by atoms with van der Waals surface area (Å²) in [6.45, 7) is 7.12. The van der Waals surface area contributed by atoms with Crippen molar-refractivity contribution in [3.63, 3.8) is 0 Å². The number of nitrogens with one attached hydrogen (secondary N) is 1. The van der Waals surface area contributed by atoms with Crippen molar-refractivity contribution in [3.05, 3.63) is 0 Å². The number of hydrogen-bond donors (Lipinski definition) is 2. The maximum atomic E-state index is 10.1. The molecule has 0 amide bonds. The Balaban J connectivity index is 2.19. The molecule has 1 aliphatic carbocycles. The van der Waals surface area contributed by atoms with Gasteiger partial charge < -0.3 is 10.4 Å². The van der Waals surface area contributed by atoms with Crippen molar-refractivity contribution in [2.24, 2.45) is 5.92 Å². The lowest BCUT2D eigenvalue weighted by molar-refractivity contribution is 0.0450. The Morgan fingerprint density at radius 1 is 1.19 bits per heavy atom. The third kappa shape index (κ3) is 4.84. The second-order valence-corrected chi connectivity index (χ2v) is 5.75. The first-order valence-electron chi connectivity index (χ1n) is 7.03. The monoisotopic (exact) mass is 227 g/mol. The molecule has 1 atom stereocenters. The van der Waals surface area contributed by atoms with Gasteiger partial charge in [0.15, 0.2) is 0 Å². The molecule has 0 radical (unpaired) electrons. The molecule has 0 saturated heterocycles. The lowest BCUT2D eigenvalue weighted by Gasteiger charge is -2.31. The van der Waals surface area contributed by atoms with Crippen LogP contribution in [0.15, 0.2) is 0 Å². The van der Waals surface area contributed by atoms with E-state index in [9.17, 15) is 5.11 Å². The minimum Gasteiger partial charge on any atom is -0.389 e.